The predicted molar refractivity (Wildman–Crippen MR) is 47.0 cm³/mol. The number of amides is 2. The van der Waals surface area contributed by atoms with E-state index in [1.807, 2.05) is 6.92 Å². The van der Waals surface area contributed by atoms with Crippen LogP contribution in [0.15, 0.2) is 0 Å². The van der Waals surface area contributed by atoms with E-state index in [0.717, 1.165) is 12.8 Å². The number of piperazine rings is 1. The molecule has 1 N–H and O–H groups in total. The summed E-state index contributed by atoms with van der Waals surface area (Å²) < 4.78 is 0. The van der Waals surface area contributed by atoms with Gasteiger partial charge in [-0.3, -0.25) is 9.59 Å². The van der Waals surface area contributed by atoms with Crippen molar-refractivity contribution in [2.24, 2.45) is 0 Å². The van der Waals surface area contributed by atoms with Crippen LogP contribution in [0.3, 0.4) is 0 Å². The van der Waals surface area contributed by atoms with Crippen molar-refractivity contribution in [1.82, 2.24) is 10.2 Å². The summed E-state index contributed by atoms with van der Waals surface area (Å²) in [5, 5.41) is 2.87. The minimum Gasteiger partial charge on any atom is -0.350 e. The molecule has 0 saturated carbocycles. The molecule has 0 radical (unpaired) electrons. The van der Waals surface area contributed by atoms with Gasteiger partial charge in [-0.25, -0.2) is 0 Å². The molecule has 0 bridgehead atoms. The average molecular weight is 182 g/mol. The summed E-state index contributed by atoms with van der Waals surface area (Å²) in [6, 6.07) is -0.0803. The lowest BCUT2D eigenvalue weighted by Gasteiger charge is -2.40. The lowest BCUT2D eigenvalue weighted by Crippen LogP contribution is -2.62. The summed E-state index contributed by atoms with van der Waals surface area (Å²) in [5.74, 6) is 0.157. The van der Waals surface area contributed by atoms with Crippen molar-refractivity contribution in [3.05, 3.63) is 0 Å². The molecule has 2 rings (SSSR count). The first kappa shape index (κ1) is 8.53. The summed E-state index contributed by atoms with van der Waals surface area (Å²) in [5.41, 5.74) is 0. The molecule has 2 aliphatic rings. The van der Waals surface area contributed by atoms with Crippen LogP contribution in [-0.4, -0.2) is 35.3 Å². The number of hydrogen-bond acceptors (Lipinski definition) is 2. The molecular weight excluding hydrogens is 168 g/mol. The average Bonchev–Trinajstić information content (AvgIpc) is 2.07. The minimum atomic E-state index is -0.183. The Hall–Kier alpha value is -1.06. The van der Waals surface area contributed by atoms with E-state index < -0.39 is 0 Å². The number of rotatable bonds is 0. The molecule has 0 aromatic rings. The maximum atomic E-state index is 11.5. The van der Waals surface area contributed by atoms with Gasteiger partial charge in [0.15, 0.2) is 0 Å². The second kappa shape index (κ2) is 3.01. The van der Waals surface area contributed by atoms with Crippen molar-refractivity contribution in [2.45, 2.75) is 38.3 Å². The van der Waals surface area contributed by atoms with Gasteiger partial charge in [0, 0.05) is 19.0 Å². The Kier molecular flexibility index (Phi) is 1.98. The molecule has 72 valence electrons. The van der Waals surface area contributed by atoms with Crippen LogP contribution in [0.25, 0.3) is 0 Å². The Morgan fingerprint density at radius 2 is 2.23 bits per heavy atom. The zero-order valence-electron chi connectivity index (χ0n) is 7.75. The third-order valence-electron chi connectivity index (χ3n) is 2.73. The lowest BCUT2D eigenvalue weighted by molar-refractivity contribution is -0.147. The molecule has 4 nitrogen and oxygen atoms in total. The highest BCUT2D eigenvalue weighted by molar-refractivity contribution is 5.90. The Morgan fingerprint density at radius 1 is 1.46 bits per heavy atom. The fourth-order valence-electron chi connectivity index (χ4n) is 2.10. The zero-order valence-corrected chi connectivity index (χ0v) is 7.75. The number of piperidine rings is 1. The first-order chi connectivity index (χ1) is 6.18. The summed E-state index contributed by atoms with van der Waals surface area (Å²) in [6.07, 6.45) is 2.28. The van der Waals surface area contributed by atoms with E-state index in [4.69, 9.17) is 0 Å². The van der Waals surface area contributed by atoms with Crippen LogP contribution in [0.5, 0.6) is 0 Å². The smallest absolute Gasteiger partial charge is 0.243 e. The molecule has 0 unspecified atom stereocenters. The summed E-state index contributed by atoms with van der Waals surface area (Å²) in [6.45, 7) is 2.60. The van der Waals surface area contributed by atoms with Crippen molar-refractivity contribution in [3.8, 4) is 0 Å². The molecule has 0 aromatic carbocycles. The normalized spacial score (nSPS) is 34.1. The van der Waals surface area contributed by atoms with Gasteiger partial charge >= 0.3 is 0 Å². The van der Waals surface area contributed by atoms with Gasteiger partial charge in [-0.1, -0.05) is 0 Å². The predicted octanol–water partition coefficient (Wildman–Crippen LogP) is -0.114. The van der Waals surface area contributed by atoms with E-state index >= 15 is 0 Å². The maximum Gasteiger partial charge on any atom is 0.243 e. The Labute approximate surface area is 77.3 Å². The first-order valence-corrected chi connectivity index (χ1v) is 4.78. The van der Waals surface area contributed by atoms with Gasteiger partial charge in [-0.15, -0.1) is 0 Å². The summed E-state index contributed by atoms with van der Waals surface area (Å²) in [7, 11) is 0. The number of carbonyl (C=O) groups is 2. The minimum absolute atomic E-state index is 0.0202. The molecular formula is C9H14N2O2. The Morgan fingerprint density at radius 3 is 3.00 bits per heavy atom. The number of nitrogens with zero attached hydrogens (tertiary/aromatic N) is 1. The lowest BCUT2D eigenvalue weighted by atomic mass is 9.97. The van der Waals surface area contributed by atoms with Gasteiger partial charge < -0.3 is 10.2 Å². The van der Waals surface area contributed by atoms with Crippen LogP contribution in [-0.2, 0) is 9.59 Å². The van der Waals surface area contributed by atoms with E-state index in [2.05, 4.69) is 5.32 Å². The standard InChI is InChI=1S/C9H14N2O2/c1-6-5-11-7(9(13)10-6)3-2-4-8(11)12/h6-7H,2-5H2,1H3,(H,10,13)/t6-,7-/m0/s1. The maximum absolute atomic E-state index is 11.5. The quantitative estimate of drug-likeness (QED) is 0.568. The van der Waals surface area contributed by atoms with E-state index in [-0.39, 0.29) is 23.9 Å². The van der Waals surface area contributed by atoms with Crippen LogP contribution in [0, 0.1) is 0 Å². The van der Waals surface area contributed by atoms with E-state index in [9.17, 15) is 9.59 Å². The molecule has 2 aliphatic heterocycles. The molecule has 2 saturated heterocycles. The summed E-state index contributed by atoms with van der Waals surface area (Å²) in [4.78, 5) is 24.7. The highest BCUT2D eigenvalue weighted by atomic mass is 16.2. The van der Waals surface area contributed by atoms with Gasteiger partial charge in [-0.05, 0) is 19.8 Å². The van der Waals surface area contributed by atoms with Gasteiger partial charge in [0.1, 0.15) is 6.04 Å². The van der Waals surface area contributed by atoms with E-state index in [0.29, 0.717) is 13.0 Å². The monoisotopic (exact) mass is 182 g/mol. The Bertz CT molecular complexity index is 252. The van der Waals surface area contributed by atoms with Crippen LogP contribution in [0.4, 0.5) is 0 Å². The molecule has 2 amide bonds. The van der Waals surface area contributed by atoms with Crippen LogP contribution in [0.2, 0.25) is 0 Å². The molecule has 0 aliphatic carbocycles. The van der Waals surface area contributed by atoms with E-state index in [1.54, 1.807) is 4.90 Å². The molecule has 13 heavy (non-hydrogen) atoms. The number of carbonyl (C=O) groups excluding carboxylic acids is 2. The molecule has 2 fully saturated rings. The largest absolute Gasteiger partial charge is 0.350 e. The van der Waals surface area contributed by atoms with Crippen molar-refractivity contribution >= 4 is 11.8 Å². The molecule has 4 heteroatoms. The fourth-order valence-corrected chi connectivity index (χ4v) is 2.10. The van der Waals surface area contributed by atoms with Crippen molar-refractivity contribution in [3.63, 3.8) is 0 Å². The van der Waals surface area contributed by atoms with Crippen molar-refractivity contribution in [2.75, 3.05) is 6.54 Å². The second-order valence-corrected chi connectivity index (χ2v) is 3.86. The molecule has 0 spiro atoms. The van der Waals surface area contributed by atoms with Gasteiger partial charge in [0.25, 0.3) is 0 Å². The van der Waals surface area contributed by atoms with Crippen molar-refractivity contribution < 1.29 is 9.59 Å². The number of fused-ring (bicyclic) bond motifs is 1. The molecule has 2 atom stereocenters. The van der Waals surface area contributed by atoms with Crippen LogP contribution < -0.4 is 5.32 Å². The third kappa shape index (κ3) is 1.41. The molecule has 0 aromatic heterocycles. The highest BCUT2D eigenvalue weighted by Crippen LogP contribution is 2.21. The summed E-state index contributed by atoms with van der Waals surface area (Å²) >= 11 is 0. The topological polar surface area (TPSA) is 49.4 Å². The van der Waals surface area contributed by atoms with Gasteiger partial charge in [0.05, 0.1) is 0 Å². The van der Waals surface area contributed by atoms with Crippen molar-refractivity contribution in [1.29, 1.82) is 0 Å². The Balaban J connectivity index is 2.17. The van der Waals surface area contributed by atoms with Crippen LogP contribution in [0.1, 0.15) is 26.2 Å². The van der Waals surface area contributed by atoms with Gasteiger partial charge in [-0.2, -0.15) is 0 Å². The zero-order chi connectivity index (χ0) is 9.42. The highest BCUT2D eigenvalue weighted by Gasteiger charge is 2.37. The number of nitrogens with one attached hydrogen (secondary N) is 1. The fraction of sp³-hybridized carbons (Fsp3) is 0.778. The molecule has 2 heterocycles. The SMILES string of the molecule is C[C@H]1CN2C(=O)CCC[C@H]2C(=O)N1. The third-order valence-corrected chi connectivity index (χ3v) is 2.73. The first-order valence-electron chi connectivity index (χ1n) is 4.78. The van der Waals surface area contributed by atoms with E-state index in [1.165, 1.54) is 0 Å². The number of hydrogen-bond donors (Lipinski definition) is 1. The second-order valence-electron chi connectivity index (χ2n) is 3.86. The van der Waals surface area contributed by atoms with Gasteiger partial charge in [0.2, 0.25) is 11.8 Å². The van der Waals surface area contributed by atoms with Crippen LogP contribution >= 0.6 is 0 Å².